The molecule has 0 aliphatic carbocycles. The molecule has 2 aliphatic heterocycles. The Morgan fingerprint density at radius 2 is 2.03 bits per heavy atom. The Morgan fingerprint density at radius 1 is 1.23 bits per heavy atom. The molecule has 2 aromatic rings. The normalized spacial score (nSPS) is 19.5. The minimum Gasteiger partial charge on any atom is -0.496 e. The monoisotopic (exact) mass is 431 g/mol. The Morgan fingerprint density at radius 3 is 2.70 bits per heavy atom. The van der Waals surface area contributed by atoms with Crippen LogP contribution < -0.4 is 15.4 Å². The van der Waals surface area contributed by atoms with Crippen molar-refractivity contribution in [3.05, 3.63) is 40.3 Å². The number of hydrogen-bond acceptors (Lipinski definition) is 7. The second-order valence-electron chi connectivity index (χ2n) is 7.97. The van der Waals surface area contributed by atoms with Crippen LogP contribution in [0, 0.1) is 13.8 Å². The third-order valence-electron chi connectivity index (χ3n) is 6.02. The van der Waals surface area contributed by atoms with Crippen LogP contribution >= 0.6 is 0 Å². The van der Waals surface area contributed by atoms with Gasteiger partial charge in [-0.2, -0.15) is 4.31 Å². The van der Waals surface area contributed by atoms with Crippen molar-refractivity contribution in [2.75, 3.05) is 39.1 Å². The summed E-state index contributed by atoms with van der Waals surface area (Å²) in [6, 6.07) is 3.49. The maximum Gasteiger partial charge on any atom is 0.243 e. The first-order valence-electron chi connectivity index (χ1n) is 10.3. The predicted molar refractivity (Wildman–Crippen MR) is 116 cm³/mol. The molecule has 9 heteroatoms. The van der Waals surface area contributed by atoms with Crippen molar-refractivity contribution in [1.82, 2.24) is 19.6 Å². The van der Waals surface area contributed by atoms with Crippen LogP contribution in [0.4, 0.5) is 5.82 Å². The largest absolute Gasteiger partial charge is 0.496 e. The van der Waals surface area contributed by atoms with Gasteiger partial charge in [-0.1, -0.05) is 0 Å². The van der Waals surface area contributed by atoms with Gasteiger partial charge in [-0.15, -0.1) is 0 Å². The average Bonchev–Trinajstić information content (AvgIpc) is 3.28. The van der Waals surface area contributed by atoms with E-state index in [4.69, 9.17) is 14.7 Å². The Hall–Kier alpha value is -2.23. The highest BCUT2D eigenvalue weighted by Gasteiger charge is 2.33. The number of nitrogens with zero attached hydrogens (tertiary/aromatic N) is 3. The second-order valence-corrected chi connectivity index (χ2v) is 9.88. The second kappa shape index (κ2) is 8.13. The summed E-state index contributed by atoms with van der Waals surface area (Å²) in [6.07, 6.45) is 1.58. The molecule has 2 aliphatic rings. The molecule has 0 spiro atoms. The first-order valence-corrected chi connectivity index (χ1v) is 11.7. The lowest BCUT2D eigenvalue weighted by Crippen LogP contribution is -2.37. The standard InChI is InChI=1S/C21H29N5O3S/c1-13-10-19(14(2)9-18(13)29-4)30(27,28)26-8-6-16-17(12-26)24-20(25-21(16)22-3)15-5-7-23-11-15/h9-10,15,23H,5-8,11-12H2,1-4H3,(H,22,24,25)/t15-/m0/s1. The summed E-state index contributed by atoms with van der Waals surface area (Å²) in [5, 5.41) is 6.53. The lowest BCUT2D eigenvalue weighted by atomic mass is 10.0. The third-order valence-corrected chi connectivity index (χ3v) is 8.01. The van der Waals surface area contributed by atoms with E-state index in [9.17, 15) is 8.42 Å². The molecular formula is C21H29N5O3S. The van der Waals surface area contributed by atoms with Gasteiger partial charge in [0.1, 0.15) is 17.4 Å². The van der Waals surface area contributed by atoms with Gasteiger partial charge in [-0.25, -0.2) is 18.4 Å². The van der Waals surface area contributed by atoms with E-state index < -0.39 is 10.0 Å². The quantitative estimate of drug-likeness (QED) is 0.747. The number of methoxy groups -OCH3 is 1. The zero-order valence-electron chi connectivity index (χ0n) is 17.9. The summed E-state index contributed by atoms with van der Waals surface area (Å²) in [4.78, 5) is 9.87. The molecule has 4 rings (SSSR count). The highest BCUT2D eigenvalue weighted by atomic mass is 32.2. The van der Waals surface area contributed by atoms with Gasteiger partial charge in [0.15, 0.2) is 0 Å². The molecule has 3 heterocycles. The van der Waals surface area contributed by atoms with Gasteiger partial charge in [-0.05, 0) is 56.5 Å². The smallest absolute Gasteiger partial charge is 0.243 e. The number of aromatic nitrogens is 2. The van der Waals surface area contributed by atoms with E-state index in [1.165, 1.54) is 4.31 Å². The van der Waals surface area contributed by atoms with Crippen molar-refractivity contribution in [2.24, 2.45) is 0 Å². The van der Waals surface area contributed by atoms with Gasteiger partial charge in [0, 0.05) is 31.6 Å². The average molecular weight is 432 g/mol. The molecule has 30 heavy (non-hydrogen) atoms. The van der Waals surface area contributed by atoms with Crippen molar-refractivity contribution < 1.29 is 13.2 Å². The van der Waals surface area contributed by atoms with Crippen LogP contribution in [0.25, 0.3) is 0 Å². The molecule has 1 atom stereocenters. The Balaban J connectivity index is 1.69. The fourth-order valence-corrected chi connectivity index (χ4v) is 5.99. The number of sulfonamides is 1. The van der Waals surface area contributed by atoms with Gasteiger partial charge in [0.2, 0.25) is 10.0 Å². The van der Waals surface area contributed by atoms with Crippen molar-refractivity contribution in [2.45, 2.75) is 44.0 Å². The number of ether oxygens (including phenoxy) is 1. The van der Waals surface area contributed by atoms with Gasteiger partial charge in [0.05, 0.1) is 24.2 Å². The summed E-state index contributed by atoms with van der Waals surface area (Å²) in [6.45, 7) is 6.13. The Labute approximate surface area is 178 Å². The van der Waals surface area contributed by atoms with E-state index in [-0.39, 0.29) is 12.5 Å². The van der Waals surface area contributed by atoms with Crippen molar-refractivity contribution in [1.29, 1.82) is 0 Å². The first-order chi connectivity index (χ1) is 14.3. The van der Waals surface area contributed by atoms with E-state index in [1.807, 2.05) is 14.0 Å². The molecule has 162 valence electrons. The molecule has 0 amide bonds. The fourth-order valence-electron chi connectivity index (χ4n) is 4.30. The van der Waals surface area contributed by atoms with Crippen LogP contribution in [0.2, 0.25) is 0 Å². The van der Waals surface area contributed by atoms with Crippen LogP contribution in [0.15, 0.2) is 17.0 Å². The number of benzene rings is 1. The van der Waals surface area contributed by atoms with Crippen molar-refractivity contribution in [3.8, 4) is 5.75 Å². The molecule has 0 radical (unpaired) electrons. The zero-order chi connectivity index (χ0) is 21.5. The number of rotatable bonds is 5. The molecule has 8 nitrogen and oxygen atoms in total. The highest BCUT2D eigenvalue weighted by Crippen LogP contribution is 2.32. The lowest BCUT2D eigenvalue weighted by molar-refractivity contribution is 0.383. The van der Waals surface area contributed by atoms with Gasteiger partial charge >= 0.3 is 0 Å². The third kappa shape index (κ3) is 3.66. The van der Waals surface area contributed by atoms with Gasteiger partial charge in [0.25, 0.3) is 0 Å². The maximum absolute atomic E-state index is 13.5. The Bertz CT molecular complexity index is 1060. The number of nitrogens with one attached hydrogen (secondary N) is 2. The molecular weight excluding hydrogens is 402 g/mol. The summed E-state index contributed by atoms with van der Waals surface area (Å²) >= 11 is 0. The van der Waals surface area contributed by atoms with Gasteiger partial charge in [-0.3, -0.25) is 0 Å². The van der Waals surface area contributed by atoms with Gasteiger partial charge < -0.3 is 15.4 Å². The van der Waals surface area contributed by atoms with E-state index in [2.05, 4.69) is 10.6 Å². The maximum atomic E-state index is 13.5. The number of hydrogen-bond donors (Lipinski definition) is 2. The molecule has 1 saturated heterocycles. The number of aryl methyl sites for hydroxylation is 2. The van der Waals surface area contributed by atoms with Crippen molar-refractivity contribution >= 4 is 15.8 Å². The lowest BCUT2D eigenvalue weighted by Gasteiger charge is -2.29. The molecule has 1 aromatic heterocycles. The van der Waals surface area contributed by atoms with Crippen LogP contribution in [-0.2, 0) is 23.0 Å². The van der Waals surface area contributed by atoms with Crippen LogP contribution in [0.5, 0.6) is 5.75 Å². The van der Waals surface area contributed by atoms with Crippen LogP contribution in [0.1, 0.15) is 40.5 Å². The first kappa shape index (κ1) is 21.0. The fraction of sp³-hybridized carbons (Fsp3) is 0.524. The van der Waals surface area contributed by atoms with E-state index in [0.717, 1.165) is 48.0 Å². The van der Waals surface area contributed by atoms with Crippen LogP contribution in [0.3, 0.4) is 0 Å². The molecule has 0 bridgehead atoms. The summed E-state index contributed by atoms with van der Waals surface area (Å²) in [7, 11) is -0.205. The van der Waals surface area contributed by atoms with E-state index in [0.29, 0.717) is 29.2 Å². The predicted octanol–water partition coefficient (Wildman–Crippen LogP) is 1.97. The van der Waals surface area contributed by atoms with E-state index in [1.54, 1.807) is 26.2 Å². The van der Waals surface area contributed by atoms with Crippen LogP contribution in [-0.4, -0.2) is 56.5 Å². The number of fused-ring (bicyclic) bond motifs is 1. The van der Waals surface area contributed by atoms with Crippen molar-refractivity contribution in [3.63, 3.8) is 0 Å². The molecule has 1 fully saturated rings. The molecule has 0 unspecified atom stereocenters. The SMILES string of the molecule is CNc1nc([C@H]2CCNC2)nc2c1CCN(S(=O)(=O)c1cc(C)c(OC)cc1C)C2. The number of anilines is 1. The summed E-state index contributed by atoms with van der Waals surface area (Å²) in [5.74, 6) is 2.56. The van der Waals surface area contributed by atoms with E-state index >= 15 is 0 Å². The zero-order valence-corrected chi connectivity index (χ0v) is 18.8. The molecule has 1 aromatic carbocycles. The minimum atomic E-state index is -3.65. The Kier molecular flexibility index (Phi) is 5.69. The molecule has 2 N–H and O–H groups in total. The summed E-state index contributed by atoms with van der Waals surface area (Å²) < 4.78 is 33.8. The minimum absolute atomic E-state index is 0.256. The topological polar surface area (TPSA) is 96.5 Å². The summed E-state index contributed by atoms with van der Waals surface area (Å²) in [5.41, 5.74) is 3.30. The molecule has 0 saturated carbocycles. The highest BCUT2D eigenvalue weighted by molar-refractivity contribution is 7.89.